The summed E-state index contributed by atoms with van der Waals surface area (Å²) in [5, 5.41) is 16.5. The number of furan rings is 2. The maximum atomic E-state index is 6.45. The fourth-order valence-electron chi connectivity index (χ4n) is 10.0. The number of para-hydroxylation sites is 2. The van der Waals surface area contributed by atoms with Crippen molar-refractivity contribution >= 4 is 86.6 Å². The fourth-order valence-corrected chi connectivity index (χ4v) is 10.0. The van der Waals surface area contributed by atoms with E-state index >= 15 is 0 Å². The first kappa shape index (κ1) is 37.7. The maximum Gasteiger partial charge on any atom is 0.136 e. The Kier molecular flexibility index (Phi) is 8.81. The molecule has 4 aromatic heterocycles. The minimum atomic E-state index is 0.879. The second-order valence-corrected chi connectivity index (χ2v) is 16.8. The van der Waals surface area contributed by atoms with Gasteiger partial charge in [0.25, 0.3) is 0 Å². The van der Waals surface area contributed by atoms with Gasteiger partial charge in [-0.2, -0.15) is 0 Å². The summed E-state index contributed by atoms with van der Waals surface area (Å²) in [6.07, 6.45) is 3.73. The molecule has 0 unspecified atom stereocenters. The summed E-state index contributed by atoms with van der Waals surface area (Å²) in [6.45, 7) is 0. The molecule has 0 atom stereocenters. The van der Waals surface area contributed by atoms with Crippen LogP contribution in [0.5, 0.6) is 0 Å². The summed E-state index contributed by atoms with van der Waals surface area (Å²) in [6, 6.07) is 76.4. The number of aromatic nitrogens is 2. The minimum Gasteiger partial charge on any atom is -0.456 e. The highest BCUT2D eigenvalue weighted by Crippen LogP contribution is 2.47. The molecule has 14 rings (SSSR count). The van der Waals surface area contributed by atoms with Gasteiger partial charge in [-0.25, -0.2) is 0 Å². The number of fused-ring (bicyclic) bond motifs is 8. The van der Waals surface area contributed by atoms with Gasteiger partial charge >= 0.3 is 0 Å². The van der Waals surface area contributed by atoms with Crippen molar-refractivity contribution in [1.82, 2.24) is 9.97 Å². The average molecular weight is 843 g/mol. The van der Waals surface area contributed by atoms with Crippen molar-refractivity contribution in [1.29, 1.82) is 0 Å². The van der Waals surface area contributed by atoms with E-state index < -0.39 is 0 Å². The molecule has 0 N–H and O–H groups in total. The van der Waals surface area contributed by atoms with Crippen molar-refractivity contribution < 1.29 is 8.83 Å². The third-order valence-corrected chi connectivity index (χ3v) is 13.0. The number of benzene rings is 10. The number of hydrogen-bond acceptors (Lipinski definition) is 4. The van der Waals surface area contributed by atoms with Gasteiger partial charge in [0.05, 0.1) is 11.4 Å². The first-order valence-electron chi connectivity index (χ1n) is 22.3. The molecule has 66 heavy (non-hydrogen) atoms. The molecule has 0 amide bonds. The first-order chi connectivity index (χ1) is 32.7. The van der Waals surface area contributed by atoms with E-state index in [1.165, 1.54) is 54.2 Å². The first-order valence-corrected chi connectivity index (χ1v) is 22.3. The van der Waals surface area contributed by atoms with Gasteiger partial charge in [0.1, 0.15) is 22.7 Å². The van der Waals surface area contributed by atoms with Crippen molar-refractivity contribution in [3.63, 3.8) is 0 Å². The Bertz CT molecular complexity index is 3830. The molecule has 10 aromatic carbocycles. The van der Waals surface area contributed by atoms with Gasteiger partial charge in [-0.15, -0.1) is 0 Å². The number of rotatable bonds is 4. The molecule has 0 aliphatic rings. The van der Waals surface area contributed by atoms with Gasteiger partial charge in [-0.3, -0.25) is 9.97 Å². The maximum absolute atomic E-state index is 6.45. The van der Waals surface area contributed by atoms with Crippen LogP contribution in [0.2, 0.25) is 0 Å². The van der Waals surface area contributed by atoms with Gasteiger partial charge < -0.3 is 8.83 Å². The summed E-state index contributed by atoms with van der Waals surface area (Å²) in [5.74, 6) is 1.76. The van der Waals surface area contributed by atoms with Crippen LogP contribution >= 0.6 is 0 Å². The molecule has 0 saturated heterocycles. The molecule has 0 saturated carbocycles. The average Bonchev–Trinajstić information content (AvgIpc) is 4.01. The van der Waals surface area contributed by atoms with Crippen molar-refractivity contribution in [2.45, 2.75) is 0 Å². The highest BCUT2D eigenvalue weighted by atomic mass is 16.3. The van der Waals surface area contributed by atoms with Crippen molar-refractivity contribution in [3.8, 4) is 45.2 Å². The highest BCUT2D eigenvalue weighted by Gasteiger charge is 2.22. The molecule has 4 heterocycles. The minimum absolute atomic E-state index is 0.879. The zero-order valence-electron chi connectivity index (χ0n) is 35.7. The SMILES string of the molecule is c1ccc(-c2c3ccccc3c(-c3ccccn3)c3cc4ccccc4cc23)nc1.c1ccc2cc3c(-c4cc5ccccc5o4)c4ccccc4c(-c4cc5ccccc5o4)c3cc2c1. The largest absolute Gasteiger partial charge is 0.456 e. The molecule has 4 heteroatoms. The van der Waals surface area contributed by atoms with Gasteiger partial charge in [0, 0.05) is 45.4 Å². The van der Waals surface area contributed by atoms with Crippen LogP contribution in [0.15, 0.2) is 240 Å². The zero-order chi connectivity index (χ0) is 43.6. The fraction of sp³-hybridized carbons (Fsp3) is 0. The van der Waals surface area contributed by atoms with Crippen LogP contribution in [0.1, 0.15) is 0 Å². The van der Waals surface area contributed by atoms with E-state index in [2.05, 4.69) is 182 Å². The number of hydrogen-bond donors (Lipinski definition) is 0. The lowest BCUT2D eigenvalue weighted by atomic mass is 9.87. The zero-order valence-corrected chi connectivity index (χ0v) is 35.7. The smallest absolute Gasteiger partial charge is 0.136 e. The van der Waals surface area contributed by atoms with Crippen molar-refractivity contribution in [2.24, 2.45) is 0 Å². The molecule has 0 aliphatic carbocycles. The third kappa shape index (κ3) is 6.22. The quantitative estimate of drug-likeness (QED) is 0.166. The molecule has 0 spiro atoms. The molecular formula is C62H38N2O2. The molecular weight excluding hydrogens is 805 g/mol. The van der Waals surface area contributed by atoms with Crippen LogP contribution in [0.3, 0.4) is 0 Å². The summed E-state index contributed by atoms with van der Waals surface area (Å²) in [7, 11) is 0. The van der Waals surface area contributed by atoms with Crippen LogP contribution in [0.4, 0.5) is 0 Å². The summed E-state index contributed by atoms with van der Waals surface area (Å²) >= 11 is 0. The van der Waals surface area contributed by atoms with E-state index in [0.717, 1.165) is 77.5 Å². The Labute approximate surface area is 379 Å². The Balaban J connectivity index is 0.000000134. The van der Waals surface area contributed by atoms with Gasteiger partial charge in [-0.05, 0) is 137 Å². The Morgan fingerprint density at radius 3 is 0.894 bits per heavy atom. The van der Waals surface area contributed by atoms with Crippen LogP contribution in [0.25, 0.3) is 132 Å². The van der Waals surface area contributed by atoms with Crippen LogP contribution < -0.4 is 0 Å². The lowest BCUT2D eigenvalue weighted by Gasteiger charge is -2.17. The molecule has 308 valence electrons. The predicted octanol–water partition coefficient (Wildman–Crippen LogP) is 17.2. The van der Waals surface area contributed by atoms with Crippen molar-refractivity contribution in [2.75, 3.05) is 0 Å². The Hall–Kier alpha value is -8.86. The molecule has 0 aliphatic heterocycles. The van der Waals surface area contributed by atoms with E-state index in [-0.39, 0.29) is 0 Å². The lowest BCUT2D eigenvalue weighted by molar-refractivity contribution is 0.631. The third-order valence-electron chi connectivity index (χ3n) is 13.0. The molecule has 0 bridgehead atoms. The predicted molar refractivity (Wildman–Crippen MR) is 275 cm³/mol. The topological polar surface area (TPSA) is 52.1 Å². The van der Waals surface area contributed by atoms with Gasteiger partial charge in [0.2, 0.25) is 0 Å². The highest BCUT2D eigenvalue weighted by molar-refractivity contribution is 6.24. The molecule has 0 fully saturated rings. The van der Waals surface area contributed by atoms with Crippen LogP contribution in [0, 0.1) is 0 Å². The van der Waals surface area contributed by atoms with E-state index in [4.69, 9.17) is 18.8 Å². The number of pyridine rings is 2. The van der Waals surface area contributed by atoms with E-state index in [9.17, 15) is 0 Å². The van der Waals surface area contributed by atoms with Crippen molar-refractivity contribution in [3.05, 3.63) is 231 Å². The monoisotopic (exact) mass is 842 g/mol. The Morgan fingerprint density at radius 1 is 0.242 bits per heavy atom. The molecule has 14 aromatic rings. The number of nitrogens with zero attached hydrogens (tertiary/aromatic N) is 2. The Morgan fingerprint density at radius 2 is 0.545 bits per heavy atom. The summed E-state index contributed by atoms with van der Waals surface area (Å²) in [5.41, 5.74) is 8.34. The summed E-state index contributed by atoms with van der Waals surface area (Å²) in [4.78, 5) is 9.43. The molecule has 0 radical (unpaired) electrons. The van der Waals surface area contributed by atoms with E-state index in [1.54, 1.807) is 0 Å². The lowest BCUT2D eigenvalue weighted by Crippen LogP contribution is -1.93. The summed E-state index contributed by atoms with van der Waals surface area (Å²) < 4.78 is 12.9. The molecule has 4 nitrogen and oxygen atoms in total. The van der Waals surface area contributed by atoms with E-state index in [1.807, 2.05) is 48.8 Å². The standard InChI is InChI=1S/C34H20O2.C28H18N2/c1-2-10-22-18-28-27(17-21(22)9-1)33(31-19-23-11-3-7-15-29(23)35-31)25-13-5-6-14-26(25)34(28)32-20-24-12-4-8-16-30(24)36-32;1-2-10-20-18-24-23(17-19(20)9-1)27(25-13-5-7-15-29-25)21-11-3-4-12-22(21)28(24)26-14-6-8-16-30-26/h1-20H;1-18H. The second kappa shape index (κ2) is 15.4. The normalized spacial score (nSPS) is 11.6. The van der Waals surface area contributed by atoms with Crippen LogP contribution in [-0.4, -0.2) is 9.97 Å². The van der Waals surface area contributed by atoms with Gasteiger partial charge in [-0.1, -0.05) is 146 Å². The van der Waals surface area contributed by atoms with Crippen LogP contribution in [-0.2, 0) is 0 Å². The van der Waals surface area contributed by atoms with Gasteiger partial charge in [0.15, 0.2) is 0 Å². The second-order valence-electron chi connectivity index (χ2n) is 16.8. The van der Waals surface area contributed by atoms with E-state index in [0.29, 0.717) is 0 Å².